The monoisotopic (exact) mass is 419 g/mol. The van der Waals surface area contributed by atoms with Crippen molar-refractivity contribution in [3.05, 3.63) is 71.8 Å². The molecule has 2 heterocycles. The Hall–Kier alpha value is -2.66. The molecule has 1 unspecified atom stereocenters. The smallest absolute Gasteiger partial charge is 0.237 e. The van der Waals surface area contributed by atoms with Crippen molar-refractivity contribution in [2.45, 2.75) is 44.1 Å². The Morgan fingerprint density at radius 3 is 2.03 bits per heavy atom. The number of likely N-dealkylation sites (tertiary alicyclic amines) is 1. The van der Waals surface area contributed by atoms with Gasteiger partial charge in [-0.25, -0.2) is 0 Å². The van der Waals surface area contributed by atoms with Crippen LogP contribution in [0.25, 0.3) is 0 Å². The first-order valence-electron chi connectivity index (χ1n) is 11.6. The molecule has 31 heavy (non-hydrogen) atoms. The minimum Gasteiger partial charge on any atom is -0.353 e. The highest BCUT2D eigenvalue weighted by Crippen LogP contribution is 2.27. The van der Waals surface area contributed by atoms with Crippen molar-refractivity contribution in [3.8, 4) is 0 Å². The predicted molar refractivity (Wildman–Crippen MR) is 123 cm³/mol. The van der Waals surface area contributed by atoms with Crippen molar-refractivity contribution in [1.82, 2.24) is 15.1 Å². The van der Waals surface area contributed by atoms with Gasteiger partial charge in [-0.15, -0.1) is 0 Å². The average molecular weight is 420 g/mol. The van der Waals surface area contributed by atoms with Gasteiger partial charge in [0.1, 0.15) is 0 Å². The summed E-state index contributed by atoms with van der Waals surface area (Å²) in [6.07, 6.45) is 4.78. The molecule has 2 amide bonds. The van der Waals surface area contributed by atoms with Crippen LogP contribution in [0.4, 0.5) is 0 Å². The maximum absolute atomic E-state index is 13.1. The van der Waals surface area contributed by atoms with Gasteiger partial charge >= 0.3 is 0 Å². The summed E-state index contributed by atoms with van der Waals surface area (Å²) in [5.41, 5.74) is 2.47. The van der Waals surface area contributed by atoms with Crippen LogP contribution in [-0.2, 0) is 9.59 Å². The third-order valence-electron chi connectivity index (χ3n) is 6.59. The maximum atomic E-state index is 13.1. The van der Waals surface area contributed by atoms with E-state index in [1.807, 2.05) is 17.0 Å². The fourth-order valence-corrected chi connectivity index (χ4v) is 4.83. The van der Waals surface area contributed by atoms with Crippen LogP contribution in [0.3, 0.4) is 0 Å². The number of piperazine rings is 1. The lowest BCUT2D eigenvalue weighted by atomic mass is 9.90. The highest BCUT2D eigenvalue weighted by molar-refractivity contribution is 5.88. The van der Waals surface area contributed by atoms with Gasteiger partial charge < -0.3 is 10.2 Å². The molecule has 2 aliphatic heterocycles. The maximum Gasteiger partial charge on any atom is 0.237 e. The van der Waals surface area contributed by atoms with Gasteiger partial charge in [0.15, 0.2) is 0 Å². The summed E-state index contributed by atoms with van der Waals surface area (Å²) >= 11 is 0. The molecule has 2 saturated heterocycles. The number of rotatable bonds is 6. The number of nitrogens with zero attached hydrogens (tertiary/aromatic N) is 2. The molecule has 2 aromatic rings. The Morgan fingerprint density at radius 2 is 1.45 bits per heavy atom. The molecular weight excluding hydrogens is 386 g/mol. The largest absolute Gasteiger partial charge is 0.353 e. The summed E-state index contributed by atoms with van der Waals surface area (Å²) in [5, 5.41) is 2.98. The minimum absolute atomic E-state index is 0.0192. The van der Waals surface area contributed by atoms with Crippen molar-refractivity contribution in [3.63, 3.8) is 0 Å². The van der Waals surface area contributed by atoms with Crippen LogP contribution in [0.1, 0.15) is 49.1 Å². The second-order valence-electron chi connectivity index (χ2n) is 8.67. The molecule has 0 radical (unpaired) electrons. The summed E-state index contributed by atoms with van der Waals surface area (Å²) in [6.45, 7) is 3.76. The molecule has 4 rings (SSSR count). The Balaban J connectivity index is 1.53. The lowest BCUT2D eigenvalue weighted by Crippen LogP contribution is -2.57. The molecule has 5 heteroatoms. The first-order valence-corrected chi connectivity index (χ1v) is 11.6. The summed E-state index contributed by atoms with van der Waals surface area (Å²) in [5.74, 6) is 0.253. The van der Waals surface area contributed by atoms with Crippen LogP contribution in [0.5, 0.6) is 0 Å². The van der Waals surface area contributed by atoms with E-state index in [1.54, 1.807) is 0 Å². The van der Waals surface area contributed by atoms with E-state index >= 15 is 0 Å². The Bertz CT molecular complexity index is 808. The molecule has 1 atom stereocenters. The Kier molecular flexibility index (Phi) is 7.36. The molecular formula is C26H33N3O2. The third-order valence-corrected chi connectivity index (χ3v) is 6.59. The number of hydrogen-bond donors (Lipinski definition) is 1. The molecule has 1 N–H and O–H groups in total. The first-order chi connectivity index (χ1) is 15.2. The molecule has 0 bridgehead atoms. The second kappa shape index (κ2) is 10.6. The van der Waals surface area contributed by atoms with Gasteiger partial charge in [-0.1, -0.05) is 73.5 Å². The highest BCUT2D eigenvalue weighted by atomic mass is 16.2. The van der Waals surface area contributed by atoms with Crippen molar-refractivity contribution >= 4 is 11.8 Å². The van der Waals surface area contributed by atoms with E-state index in [-0.39, 0.29) is 24.2 Å². The normalized spacial score (nSPS) is 20.4. The molecule has 0 aliphatic carbocycles. The van der Waals surface area contributed by atoms with E-state index in [4.69, 9.17) is 0 Å². The molecule has 2 fully saturated rings. The topological polar surface area (TPSA) is 52.7 Å². The highest BCUT2D eigenvalue weighted by Gasteiger charge is 2.34. The number of benzene rings is 2. The average Bonchev–Trinajstić information content (AvgIpc) is 3.10. The van der Waals surface area contributed by atoms with Crippen molar-refractivity contribution in [2.24, 2.45) is 0 Å². The molecule has 2 aromatic carbocycles. The fraction of sp³-hybridized carbons (Fsp3) is 0.462. The van der Waals surface area contributed by atoms with E-state index < -0.39 is 6.04 Å². The number of hydrogen-bond acceptors (Lipinski definition) is 3. The first kappa shape index (κ1) is 21.6. The number of carbonyl (C=O) groups is 2. The minimum atomic E-state index is -0.403. The van der Waals surface area contributed by atoms with Crippen LogP contribution in [0.2, 0.25) is 0 Å². The number of nitrogens with one attached hydrogen (secondary N) is 1. The van der Waals surface area contributed by atoms with Gasteiger partial charge in [0.2, 0.25) is 11.8 Å². The zero-order valence-corrected chi connectivity index (χ0v) is 18.2. The van der Waals surface area contributed by atoms with Crippen LogP contribution in [0.15, 0.2) is 60.7 Å². The molecule has 0 spiro atoms. The van der Waals surface area contributed by atoms with Gasteiger partial charge in [-0.2, -0.15) is 0 Å². The van der Waals surface area contributed by atoms with Gasteiger partial charge in [-0.05, 0) is 24.0 Å². The summed E-state index contributed by atoms with van der Waals surface area (Å²) in [6, 6.07) is 20.5. The van der Waals surface area contributed by atoms with Gasteiger partial charge in [0.05, 0.1) is 12.5 Å². The van der Waals surface area contributed by atoms with E-state index in [9.17, 15) is 9.59 Å². The van der Waals surface area contributed by atoms with E-state index in [1.165, 1.54) is 24.0 Å². The van der Waals surface area contributed by atoms with Gasteiger partial charge in [0.25, 0.3) is 0 Å². The van der Waals surface area contributed by atoms with Crippen LogP contribution >= 0.6 is 0 Å². The van der Waals surface area contributed by atoms with Crippen LogP contribution in [0, 0.1) is 0 Å². The summed E-state index contributed by atoms with van der Waals surface area (Å²) in [4.78, 5) is 30.1. The van der Waals surface area contributed by atoms with Crippen molar-refractivity contribution in [2.75, 3.05) is 32.7 Å². The molecule has 2 aliphatic rings. The summed E-state index contributed by atoms with van der Waals surface area (Å²) < 4.78 is 0. The Labute approximate surface area is 185 Å². The lowest BCUT2D eigenvalue weighted by molar-refractivity contribution is -0.138. The lowest BCUT2D eigenvalue weighted by Gasteiger charge is -2.38. The Morgan fingerprint density at radius 1 is 0.871 bits per heavy atom. The molecule has 5 nitrogen and oxygen atoms in total. The van der Waals surface area contributed by atoms with E-state index in [2.05, 4.69) is 58.7 Å². The zero-order valence-electron chi connectivity index (χ0n) is 18.2. The van der Waals surface area contributed by atoms with Crippen LogP contribution in [-0.4, -0.2) is 60.4 Å². The van der Waals surface area contributed by atoms with Gasteiger partial charge in [-0.3, -0.25) is 14.5 Å². The summed E-state index contributed by atoms with van der Waals surface area (Å²) in [7, 11) is 0. The molecule has 0 aromatic heterocycles. The standard InChI is InChI=1S/C26H33N3O2/c30-25(28-16-9-1-2-10-17-28)19-24-26(31)27-15-18-29(24)20-23(21-11-5-3-6-12-21)22-13-7-4-8-14-22/h3-8,11-14,23-24H,1-2,9-10,15-20H2,(H,27,31). The number of amides is 2. The molecule has 164 valence electrons. The molecule has 0 saturated carbocycles. The zero-order chi connectivity index (χ0) is 21.5. The van der Waals surface area contributed by atoms with E-state index in [0.29, 0.717) is 6.54 Å². The SMILES string of the molecule is O=C1NCCN(CC(c2ccccc2)c2ccccc2)C1CC(=O)N1CCCCCC1. The van der Waals surface area contributed by atoms with Crippen molar-refractivity contribution < 1.29 is 9.59 Å². The van der Waals surface area contributed by atoms with Crippen molar-refractivity contribution in [1.29, 1.82) is 0 Å². The fourth-order valence-electron chi connectivity index (χ4n) is 4.83. The quantitative estimate of drug-likeness (QED) is 0.781. The predicted octanol–water partition coefficient (Wildman–Crippen LogP) is 3.41. The van der Waals surface area contributed by atoms with Gasteiger partial charge in [0, 0.05) is 38.6 Å². The third kappa shape index (κ3) is 5.53. The number of carbonyl (C=O) groups excluding carboxylic acids is 2. The van der Waals surface area contributed by atoms with Crippen LogP contribution < -0.4 is 5.32 Å². The van der Waals surface area contributed by atoms with E-state index in [0.717, 1.165) is 39.0 Å². The second-order valence-corrected chi connectivity index (χ2v) is 8.67.